The van der Waals surface area contributed by atoms with Gasteiger partial charge in [0.2, 0.25) is 0 Å². The molecule has 0 aliphatic heterocycles. The number of carbonyl (C=O) groups is 1. The van der Waals surface area contributed by atoms with Crippen molar-refractivity contribution in [2.45, 2.75) is 13.8 Å². The molecule has 0 saturated carbocycles. The number of carbonyl (C=O) groups excluding carboxylic acids is 1. The molecular weight excluding hydrogens is 206 g/mol. The minimum Gasteiger partial charge on any atom is -0.496 e. The molecule has 84 valence electrons. The van der Waals surface area contributed by atoms with E-state index in [4.69, 9.17) is 14.7 Å². The number of rotatable bonds is 3. The first-order valence-electron chi connectivity index (χ1n) is 4.90. The minimum absolute atomic E-state index is 0.290. The summed E-state index contributed by atoms with van der Waals surface area (Å²) in [6, 6.07) is 5.24. The fraction of sp³-hybridized carbons (Fsp3) is 0.333. The molecule has 0 bridgehead atoms. The van der Waals surface area contributed by atoms with Crippen LogP contribution in [0.25, 0.3) is 0 Å². The highest BCUT2D eigenvalue weighted by Crippen LogP contribution is 2.25. The molecule has 0 fully saturated rings. The zero-order valence-corrected chi connectivity index (χ0v) is 9.53. The maximum Gasteiger partial charge on any atom is 0.342 e. The van der Waals surface area contributed by atoms with Crippen molar-refractivity contribution in [1.29, 1.82) is 5.26 Å². The Hall–Kier alpha value is -2.02. The van der Waals surface area contributed by atoms with Gasteiger partial charge in [0.25, 0.3) is 0 Å². The Kier molecular flexibility index (Phi) is 3.90. The van der Waals surface area contributed by atoms with Gasteiger partial charge in [-0.25, -0.2) is 4.79 Å². The summed E-state index contributed by atoms with van der Waals surface area (Å²) in [6.07, 6.45) is 0. The highest BCUT2D eigenvalue weighted by atomic mass is 16.5. The molecule has 4 nitrogen and oxygen atoms in total. The fourth-order valence-corrected chi connectivity index (χ4v) is 1.43. The van der Waals surface area contributed by atoms with E-state index in [0.717, 1.165) is 0 Å². The predicted molar refractivity (Wildman–Crippen MR) is 58.4 cm³/mol. The standard InChI is InChI=1S/C12H13NO3/c1-4-16-12(14)11-8(2)9(7-13)5-6-10(11)15-3/h5-6H,4H2,1-3H3. The van der Waals surface area contributed by atoms with Gasteiger partial charge in [0.05, 0.1) is 25.3 Å². The molecule has 0 N–H and O–H groups in total. The van der Waals surface area contributed by atoms with Gasteiger partial charge in [-0.3, -0.25) is 0 Å². The molecule has 0 atom stereocenters. The second kappa shape index (κ2) is 5.17. The van der Waals surface area contributed by atoms with E-state index in [2.05, 4.69) is 0 Å². The van der Waals surface area contributed by atoms with Gasteiger partial charge in [-0.1, -0.05) is 0 Å². The van der Waals surface area contributed by atoms with Crippen molar-refractivity contribution in [1.82, 2.24) is 0 Å². The second-order valence-electron chi connectivity index (χ2n) is 3.15. The van der Waals surface area contributed by atoms with Gasteiger partial charge in [0, 0.05) is 0 Å². The van der Waals surface area contributed by atoms with Crippen molar-refractivity contribution >= 4 is 5.97 Å². The van der Waals surface area contributed by atoms with Gasteiger partial charge >= 0.3 is 5.97 Å². The van der Waals surface area contributed by atoms with Crippen LogP contribution < -0.4 is 4.74 Å². The summed E-state index contributed by atoms with van der Waals surface area (Å²) < 4.78 is 10.0. The maximum absolute atomic E-state index is 11.7. The van der Waals surface area contributed by atoms with Crippen LogP contribution in [-0.4, -0.2) is 19.7 Å². The van der Waals surface area contributed by atoms with Crippen LogP contribution in [0.2, 0.25) is 0 Å². The molecule has 0 spiro atoms. The lowest BCUT2D eigenvalue weighted by atomic mass is 10.0. The highest BCUT2D eigenvalue weighted by molar-refractivity contribution is 5.94. The zero-order valence-electron chi connectivity index (χ0n) is 9.53. The van der Waals surface area contributed by atoms with Gasteiger partial charge in [-0.2, -0.15) is 5.26 Å². The number of nitrogens with zero attached hydrogens (tertiary/aromatic N) is 1. The first-order valence-corrected chi connectivity index (χ1v) is 4.90. The molecule has 1 aromatic carbocycles. The van der Waals surface area contributed by atoms with Crippen molar-refractivity contribution in [2.24, 2.45) is 0 Å². The average Bonchev–Trinajstić information content (AvgIpc) is 2.28. The SMILES string of the molecule is CCOC(=O)c1c(OC)ccc(C#N)c1C. The van der Waals surface area contributed by atoms with Gasteiger partial charge in [-0.15, -0.1) is 0 Å². The van der Waals surface area contributed by atoms with Crippen LogP contribution in [0.1, 0.15) is 28.4 Å². The zero-order chi connectivity index (χ0) is 12.1. The molecule has 4 heteroatoms. The van der Waals surface area contributed by atoms with Crippen LogP contribution in [-0.2, 0) is 4.74 Å². The van der Waals surface area contributed by atoms with Crippen molar-refractivity contribution in [2.75, 3.05) is 13.7 Å². The normalized spacial score (nSPS) is 9.38. The third-order valence-corrected chi connectivity index (χ3v) is 2.25. The Labute approximate surface area is 94.4 Å². The molecule has 0 amide bonds. The second-order valence-corrected chi connectivity index (χ2v) is 3.15. The van der Waals surface area contributed by atoms with E-state index in [1.54, 1.807) is 26.0 Å². The van der Waals surface area contributed by atoms with Gasteiger partial charge < -0.3 is 9.47 Å². The van der Waals surface area contributed by atoms with Crippen molar-refractivity contribution in [3.63, 3.8) is 0 Å². The third-order valence-electron chi connectivity index (χ3n) is 2.25. The molecule has 0 radical (unpaired) electrons. The summed E-state index contributed by atoms with van der Waals surface area (Å²) >= 11 is 0. The molecular formula is C12H13NO3. The molecule has 1 aromatic rings. The molecule has 0 aliphatic rings. The number of methoxy groups -OCH3 is 1. The molecule has 0 aliphatic carbocycles. The van der Waals surface area contributed by atoms with E-state index < -0.39 is 5.97 Å². The summed E-state index contributed by atoms with van der Waals surface area (Å²) in [7, 11) is 1.48. The molecule has 1 rings (SSSR count). The van der Waals surface area contributed by atoms with Gasteiger partial charge in [-0.05, 0) is 31.5 Å². The summed E-state index contributed by atoms with van der Waals surface area (Å²) in [5.74, 6) is -0.0381. The van der Waals surface area contributed by atoms with Crippen LogP contribution >= 0.6 is 0 Å². The Morgan fingerprint density at radius 3 is 2.69 bits per heavy atom. The average molecular weight is 219 g/mol. The third kappa shape index (κ3) is 2.14. The Balaban J connectivity index is 3.33. The summed E-state index contributed by atoms with van der Waals surface area (Å²) in [4.78, 5) is 11.7. The molecule has 0 saturated heterocycles. The summed E-state index contributed by atoms with van der Waals surface area (Å²) in [5.41, 5.74) is 1.35. The molecule has 0 aromatic heterocycles. The number of benzene rings is 1. The summed E-state index contributed by atoms with van der Waals surface area (Å²) in [5, 5.41) is 8.88. The minimum atomic E-state index is -0.464. The number of ether oxygens (including phenoxy) is 2. The summed E-state index contributed by atoms with van der Waals surface area (Å²) in [6.45, 7) is 3.72. The lowest BCUT2D eigenvalue weighted by Gasteiger charge is -2.11. The number of hydrogen-bond donors (Lipinski definition) is 0. The van der Waals surface area contributed by atoms with Crippen LogP contribution in [0, 0.1) is 18.3 Å². The molecule has 16 heavy (non-hydrogen) atoms. The van der Waals surface area contributed by atoms with Crippen LogP contribution in [0.4, 0.5) is 0 Å². The van der Waals surface area contributed by atoms with E-state index in [-0.39, 0.29) is 6.61 Å². The smallest absolute Gasteiger partial charge is 0.342 e. The van der Waals surface area contributed by atoms with Crippen LogP contribution in [0.15, 0.2) is 12.1 Å². The molecule has 0 unspecified atom stereocenters. The maximum atomic E-state index is 11.7. The Bertz CT molecular complexity index is 446. The monoisotopic (exact) mass is 219 g/mol. The van der Waals surface area contributed by atoms with Gasteiger partial charge in [0.1, 0.15) is 11.3 Å². The van der Waals surface area contributed by atoms with E-state index in [9.17, 15) is 4.79 Å². The number of esters is 1. The Morgan fingerprint density at radius 1 is 1.50 bits per heavy atom. The van der Waals surface area contributed by atoms with E-state index in [1.807, 2.05) is 6.07 Å². The van der Waals surface area contributed by atoms with Crippen LogP contribution in [0.5, 0.6) is 5.75 Å². The lowest BCUT2D eigenvalue weighted by molar-refractivity contribution is 0.0522. The van der Waals surface area contributed by atoms with E-state index >= 15 is 0 Å². The van der Waals surface area contributed by atoms with Crippen molar-refractivity contribution in [3.8, 4) is 11.8 Å². The number of hydrogen-bond acceptors (Lipinski definition) is 4. The predicted octanol–water partition coefficient (Wildman–Crippen LogP) is 2.05. The topological polar surface area (TPSA) is 59.3 Å². The molecule has 0 heterocycles. The quantitative estimate of drug-likeness (QED) is 0.730. The first-order chi connectivity index (χ1) is 7.65. The fourth-order valence-electron chi connectivity index (χ4n) is 1.43. The van der Waals surface area contributed by atoms with Crippen LogP contribution in [0.3, 0.4) is 0 Å². The van der Waals surface area contributed by atoms with Crippen molar-refractivity contribution < 1.29 is 14.3 Å². The lowest BCUT2D eigenvalue weighted by Crippen LogP contribution is -2.09. The first kappa shape index (κ1) is 12.1. The number of nitriles is 1. The van der Waals surface area contributed by atoms with Gasteiger partial charge in [0.15, 0.2) is 0 Å². The highest BCUT2D eigenvalue weighted by Gasteiger charge is 2.18. The van der Waals surface area contributed by atoms with Crippen molar-refractivity contribution in [3.05, 3.63) is 28.8 Å². The largest absolute Gasteiger partial charge is 0.496 e. The van der Waals surface area contributed by atoms with E-state index in [1.165, 1.54) is 7.11 Å². The Morgan fingerprint density at radius 2 is 2.19 bits per heavy atom. The van der Waals surface area contributed by atoms with E-state index in [0.29, 0.717) is 22.4 Å².